The summed E-state index contributed by atoms with van der Waals surface area (Å²) in [6, 6.07) is 7.93. The maximum Gasteiger partial charge on any atom is 0.123 e. The van der Waals surface area contributed by atoms with Crippen molar-refractivity contribution in [3.8, 4) is 11.5 Å². The number of methoxy groups -OCH3 is 2. The van der Waals surface area contributed by atoms with E-state index >= 15 is 0 Å². The molecule has 0 radical (unpaired) electrons. The summed E-state index contributed by atoms with van der Waals surface area (Å²) in [6.45, 7) is 0. The summed E-state index contributed by atoms with van der Waals surface area (Å²) in [7, 11) is 3.32. The molecule has 0 bridgehead atoms. The van der Waals surface area contributed by atoms with Crippen molar-refractivity contribution in [1.29, 1.82) is 0 Å². The number of ether oxygens (including phenoxy) is 2. The van der Waals surface area contributed by atoms with Gasteiger partial charge in [-0.25, -0.2) is 0 Å². The molecule has 0 aliphatic heterocycles. The topological polar surface area (TPSA) is 56.5 Å². The van der Waals surface area contributed by atoms with Crippen LogP contribution in [0.2, 0.25) is 0 Å². The molecule has 1 atom stereocenters. The second kappa shape index (κ2) is 7.28. The Kier molecular flexibility index (Phi) is 5.40. The Morgan fingerprint density at radius 1 is 1.25 bits per heavy atom. The van der Waals surface area contributed by atoms with E-state index in [4.69, 9.17) is 15.3 Å². The minimum atomic E-state index is 0.0277. The number of hydrogen-bond acceptors (Lipinski definition) is 5. The number of aryl methyl sites for hydroxylation is 1. The first-order valence-electron chi connectivity index (χ1n) is 6.47. The van der Waals surface area contributed by atoms with E-state index in [9.17, 15) is 0 Å². The summed E-state index contributed by atoms with van der Waals surface area (Å²) >= 11 is 1.71. The summed E-state index contributed by atoms with van der Waals surface area (Å²) in [5.41, 5.74) is 5.22. The van der Waals surface area contributed by atoms with E-state index < -0.39 is 0 Å². The zero-order chi connectivity index (χ0) is 14.4. The van der Waals surface area contributed by atoms with Gasteiger partial charge in [-0.1, -0.05) is 0 Å². The highest BCUT2D eigenvalue weighted by Gasteiger charge is 2.16. The highest BCUT2D eigenvalue weighted by Crippen LogP contribution is 2.31. The van der Waals surface area contributed by atoms with Gasteiger partial charge < -0.3 is 9.47 Å². The lowest BCUT2D eigenvalue weighted by Gasteiger charge is -2.19. The molecule has 0 saturated carbocycles. The molecule has 0 saturated heterocycles. The quantitative estimate of drug-likeness (QED) is 0.608. The monoisotopic (exact) mass is 292 g/mol. The van der Waals surface area contributed by atoms with Gasteiger partial charge >= 0.3 is 0 Å². The standard InChI is InChI=1S/C15H20N2O2S/c1-18-12-4-6-15(19-2)13(9-12)14(17-16)5-3-11-7-8-20-10-11/h4,6-10,14,17H,3,5,16H2,1-2H3. The molecule has 1 unspecified atom stereocenters. The lowest BCUT2D eigenvalue weighted by Crippen LogP contribution is -2.28. The molecular formula is C15H20N2O2S. The fraction of sp³-hybridized carbons (Fsp3) is 0.333. The smallest absolute Gasteiger partial charge is 0.123 e. The van der Waals surface area contributed by atoms with Crippen LogP contribution in [-0.2, 0) is 6.42 Å². The molecule has 1 aromatic heterocycles. The summed E-state index contributed by atoms with van der Waals surface area (Å²) in [6.07, 6.45) is 1.87. The normalized spacial score (nSPS) is 12.2. The molecule has 0 fully saturated rings. The molecule has 1 heterocycles. The third-order valence-corrected chi connectivity index (χ3v) is 4.05. The van der Waals surface area contributed by atoms with Gasteiger partial charge in [0, 0.05) is 5.56 Å². The molecule has 5 heteroatoms. The van der Waals surface area contributed by atoms with Crippen LogP contribution in [0.1, 0.15) is 23.6 Å². The maximum atomic E-state index is 5.72. The van der Waals surface area contributed by atoms with Crippen LogP contribution in [0.3, 0.4) is 0 Å². The van der Waals surface area contributed by atoms with E-state index in [2.05, 4.69) is 22.3 Å². The second-order valence-corrected chi connectivity index (χ2v) is 5.28. The molecule has 20 heavy (non-hydrogen) atoms. The summed E-state index contributed by atoms with van der Waals surface area (Å²) in [5.74, 6) is 7.34. The summed E-state index contributed by atoms with van der Waals surface area (Å²) in [5, 5.41) is 4.25. The molecule has 108 valence electrons. The Labute approximate surface area is 123 Å². The van der Waals surface area contributed by atoms with Gasteiger partial charge in [0.1, 0.15) is 11.5 Å². The van der Waals surface area contributed by atoms with Crippen molar-refractivity contribution in [3.63, 3.8) is 0 Å². The second-order valence-electron chi connectivity index (χ2n) is 4.50. The first-order valence-corrected chi connectivity index (χ1v) is 7.42. The lowest BCUT2D eigenvalue weighted by atomic mass is 9.99. The van der Waals surface area contributed by atoms with E-state index in [-0.39, 0.29) is 6.04 Å². The van der Waals surface area contributed by atoms with Crippen molar-refractivity contribution >= 4 is 11.3 Å². The summed E-state index contributed by atoms with van der Waals surface area (Å²) < 4.78 is 10.7. The van der Waals surface area contributed by atoms with Crippen molar-refractivity contribution in [2.75, 3.05) is 14.2 Å². The lowest BCUT2D eigenvalue weighted by molar-refractivity contribution is 0.387. The molecule has 3 N–H and O–H groups in total. The Hall–Kier alpha value is -1.56. The minimum Gasteiger partial charge on any atom is -0.497 e. The van der Waals surface area contributed by atoms with Gasteiger partial charge in [-0.2, -0.15) is 11.3 Å². The van der Waals surface area contributed by atoms with Crippen molar-refractivity contribution in [3.05, 3.63) is 46.2 Å². The Bertz CT molecular complexity index is 529. The molecule has 1 aromatic carbocycles. The fourth-order valence-corrected chi connectivity index (χ4v) is 2.89. The molecule has 0 amide bonds. The van der Waals surface area contributed by atoms with Crippen LogP contribution in [0.25, 0.3) is 0 Å². The van der Waals surface area contributed by atoms with Crippen LogP contribution in [-0.4, -0.2) is 14.2 Å². The molecule has 2 aromatic rings. The first-order chi connectivity index (χ1) is 9.78. The largest absolute Gasteiger partial charge is 0.497 e. The van der Waals surface area contributed by atoms with E-state index in [1.165, 1.54) is 5.56 Å². The molecule has 4 nitrogen and oxygen atoms in total. The minimum absolute atomic E-state index is 0.0277. The van der Waals surface area contributed by atoms with E-state index in [1.807, 2.05) is 18.2 Å². The molecule has 0 aliphatic carbocycles. The van der Waals surface area contributed by atoms with Gasteiger partial charge in [0.15, 0.2) is 0 Å². The number of nitrogens with one attached hydrogen (secondary N) is 1. The predicted molar refractivity (Wildman–Crippen MR) is 82.3 cm³/mol. The number of benzene rings is 1. The van der Waals surface area contributed by atoms with E-state index in [0.717, 1.165) is 29.9 Å². The van der Waals surface area contributed by atoms with Crippen LogP contribution in [0.15, 0.2) is 35.0 Å². The fourth-order valence-electron chi connectivity index (χ4n) is 2.19. The van der Waals surface area contributed by atoms with Crippen LogP contribution in [0.4, 0.5) is 0 Å². The zero-order valence-electron chi connectivity index (χ0n) is 11.8. The van der Waals surface area contributed by atoms with Gasteiger partial charge in [0.2, 0.25) is 0 Å². The third-order valence-electron chi connectivity index (χ3n) is 3.32. The van der Waals surface area contributed by atoms with E-state index in [1.54, 1.807) is 25.6 Å². The molecular weight excluding hydrogens is 272 g/mol. The highest BCUT2D eigenvalue weighted by atomic mass is 32.1. The SMILES string of the molecule is COc1ccc(OC)c(C(CCc2ccsc2)NN)c1. The van der Waals surface area contributed by atoms with Crippen LogP contribution < -0.4 is 20.7 Å². The Balaban J connectivity index is 2.16. The van der Waals surface area contributed by atoms with Gasteiger partial charge in [-0.3, -0.25) is 11.3 Å². The van der Waals surface area contributed by atoms with Crippen LogP contribution in [0, 0.1) is 0 Å². The maximum absolute atomic E-state index is 5.72. The van der Waals surface area contributed by atoms with Crippen molar-refractivity contribution in [2.45, 2.75) is 18.9 Å². The molecule has 0 aliphatic rings. The van der Waals surface area contributed by atoms with E-state index in [0.29, 0.717) is 0 Å². The van der Waals surface area contributed by atoms with Gasteiger partial charge in [-0.05, 0) is 53.4 Å². The van der Waals surface area contributed by atoms with Crippen LogP contribution >= 0.6 is 11.3 Å². The molecule has 0 spiro atoms. The number of hydrazine groups is 1. The average Bonchev–Trinajstić information content (AvgIpc) is 3.01. The van der Waals surface area contributed by atoms with Gasteiger partial charge in [-0.15, -0.1) is 0 Å². The Morgan fingerprint density at radius 3 is 2.70 bits per heavy atom. The van der Waals surface area contributed by atoms with Crippen molar-refractivity contribution < 1.29 is 9.47 Å². The van der Waals surface area contributed by atoms with Gasteiger partial charge in [0.25, 0.3) is 0 Å². The van der Waals surface area contributed by atoms with Crippen molar-refractivity contribution in [2.24, 2.45) is 5.84 Å². The number of rotatable bonds is 7. The summed E-state index contributed by atoms with van der Waals surface area (Å²) in [4.78, 5) is 0. The number of hydrogen-bond donors (Lipinski definition) is 2. The van der Waals surface area contributed by atoms with Crippen molar-refractivity contribution in [1.82, 2.24) is 5.43 Å². The predicted octanol–water partition coefficient (Wildman–Crippen LogP) is 2.90. The molecule has 2 rings (SSSR count). The highest BCUT2D eigenvalue weighted by molar-refractivity contribution is 7.07. The van der Waals surface area contributed by atoms with Gasteiger partial charge in [0.05, 0.1) is 20.3 Å². The number of nitrogens with two attached hydrogens (primary N) is 1. The number of thiophene rings is 1. The Morgan fingerprint density at radius 2 is 2.10 bits per heavy atom. The van der Waals surface area contributed by atoms with Crippen LogP contribution in [0.5, 0.6) is 11.5 Å². The third kappa shape index (κ3) is 3.50. The average molecular weight is 292 g/mol. The first kappa shape index (κ1) is 14.8. The zero-order valence-corrected chi connectivity index (χ0v) is 12.6.